The lowest BCUT2D eigenvalue weighted by Gasteiger charge is -2.21. The number of nitrogens with one attached hydrogen (secondary N) is 3. The van der Waals surface area contributed by atoms with Gasteiger partial charge < -0.3 is 15.5 Å². The molecule has 1 aromatic heterocycles. The molecule has 0 bridgehead atoms. The average Bonchev–Trinajstić information content (AvgIpc) is 3.45. The van der Waals surface area contributed by atoms with Crippen molar-refractivity contribution < 1.29 is 8.78 Å². The normalized spacial score (nSPS) is 16.0. The van der Waals surface area contributed by atoms with Gasteiger partial charge in [0.2, 0.25) is 0 Å². The lowest BCUT2D eigenvalue weighted by Crippen LogP contribution is -2.44. The molecule has 4 rings (SSSR count). The third kappa shape index (κ3) is 5.72. The van der Waals surface area contributed by atoms with E-state index in [9.17, 15) is 8.78 Å². The Morgan fingerprint density at radius 3 is 2.72 bits per heavy atom. The van der Waals surface area contributed by atoms with Gasteiger partial charge in [0.25, 0.3) is 0 Å². The van der Waals surface area contributed by atoms with Crippen molar-refractivity contribution in [1.82, 2.24) is 25.8 Å². The van der Waals surface area contributed by atoms with Gasteiger partial charge in [-0.25, -0.2) is 18.8 Å². The zero-order chi connectivity index (χ0) is 21.6. The van der Waals surface area contributed by atoms with Crippen molar-refractivity contribution in [2.45, 2.75) is 25.9 Å². The average molecular weight is 553 g/mol. The van der Waals surface area contributed by atoms with Gasteiger partial charge in [-0.3, -0.25) is 5.10 Å². The number of benzene rings is 2. The van der Waals surface area contributed by atoms with Crippen molar-refractivity contribution in [1.29, 1.82) is 0 Å². The highest BCUT2D eigenvalue weighted by atomic mass is 127. The number of aliphatic imine (C=N–C) groups is 1. The molecule has 2 heterocycles. The van der Waals surface area contributed by atoms with Crippen LogP contribution in [-0.4, -0.2) is 46.8 Å². The number of anilines is 1. The number of guanidine groups is 1. The second-order valence-corrected chi connectivity index (χ2v) is 7.38. The highest BCUT2D eigenvalue weighted by Gasteiger charge is 2.27. The molecule has 1 aliphatic heterocycles. The van der Waals surface area contributed by atoms with Crippen LogP contribution in [0.15, 0.2) is 53.8 Å². The van der Waals surface area contributed by atoms with Crippen LogP contribution in [0, 0.1) is 11.6 Å². The van der Waals surface area contributed by atoms with E-state index >= 15 is 0 Å². The minimum absolute atomic E-state index is 0. The minimum atomic E-state index is -0.534. The third-order valence-electron chi connectivity index (χ3n) is 5.16. The second kappa shape index (κ2) is 11.2. The van der Waals surface area contributed by atoms with E-state index in [1.54, 1.807) is 4.90 Å². The van der Waals surface area contributed by atoms with Gasteiger partial charge >= 0.3 is 0 Å². The maximum atomic E-state index is 14.1. The Labute approximate surface area is 202 Å². The predicted octanol–water partition coefficient (Wildman–Crippen LogP) is 3.70. The van der Waals surface area contributed by atoms with Crippen LogP contribution in [0.25, 0.3) is 11.4 Å². The fraction of sp³-hybridized carbons (Fsp3) is 0.318. The molecular formula is C22H26F2IN7. The molecule has 1 fully saturated rings. The number of nitrogens with zero attached hydrogens (tertiary/aromatic N) is 4. The van der Waals surface area contributed by atoms with E-state index in [1.165, 1.54) is 24.5 Å². The third-order valence-corrected chi connectivity index (χ3v) is 5.16. The van der Waals surface area contributed by atoms with Gasteiger partial charge in [-0.05, 0) is 37.1 Å². The molecular weight excluding hydrogens is 527 g/mol. The highest BCUT2D eigenvalue weighted by molar-refractivity contribution is 14.0. The number of aromatic nitrogens is 3. The van der Waals surface area contributed by atoms with Crippen LogP contribution >= 0.6 is 24.0 Å². The molecule has 3 N–H and O–H groups in total. The van der Waals surface area contributed by atoms with E-state index in [1.807, 2.05) is 31.2 Å². The lowest BCUT2D eigenvalue weighted by molar-refractivity contribution is 0.576. The van der Waals surface area contributed by atoms with Crippen molar-refractivity contribution in [2.24, 2.45) is 4.99 Å². The molecule has 1 saturated heterocycles. The van der Waals surface area contributed by atoms with Crippen molar-refractivity contribution in [3.8, 4) is 11.4 Å². The van der Waals surface area contributed by atoms with E-state index in [2.05, 4.69) is 30.8 Å². The molecule has 0 amide bonds. The van der Waals surface area contributed by atoms with Gasteiger partial charge in [0, 0.05) is 31.2 Å². The Morgan fingerprint density at radius 2 is 2.00 bits per heavy atom. The first-order chi connectivity index (χ1) is 15.1. The van der Waals surface area contributed by atoms with E-state index in [0.29, 0.717) is 38.0 Å². The Bertz CT molecular complexity index is 1020. The summed E-state index contributed by atoms with van der Waals surface area (Å²) in [7, 11) is 0. The number of para-hydroxylation sites is 1. The largest absolute Gasteiger partial charge is 0.365 e. The summed E-state index contributed by atoms with van der Waals surface area (Å²) in [5, 5.41) is 13.4. The topological polar surface area (TPSA) is 81.2 Å². The quantitative estimate of drug-likeness (QED) is 0.247. The molecule has 0 saturated carbocycles. The molecule has 1 atom stereocenters. The number of halogens is 3. The van der Waals surface area contributed by atoms with Crippen LogP contribution in [0.2, 0.25) is 0 Å². The van der Waals surface area contributed by atoms with Gasteiger partial charge in [-0.15, -0.1) is 24.0 Å². The number of aromatic amines is 1. The van der Waals surface area contributed by atoms with E-state index in [-0.39, 0.29) is 35.7 Å². The van der Waals surface area contributed by atoms with E-state index in [4.69, 9.17) is 0 Å². The van der Waals surface area contributed by atoms with Gasteiger partial charge in [-0.1, -0.05) is 24.3 Å². The van der Waals surface area contributed by atoms with E-state index < -0.39 is 11.6 Å². The molecule has 32 heavy (non-hydrogen) atoms. The van der Waals surface area contributed by atoms with Gasteiger partial charge in [0.05, 0.1) is 6.54 Å². The van der Waals surface area contributed by atoms with Crippen LogP contribution in [0.5, 0.6) is 0 Å². The highest BCUT2D eigenvalue weighted by Crippen LogP contribution is 2.26. The fourth-order valence-corrected chi connectivity index (χ4v) is 3.72. The standard InChI is InChI=1S/C22H25F2N7.HI/c1-2-25-22(26-12-15-5-3-6-16(11-15)21-27-14-28-30-21)29-17-9-10-31(13-17)20-18(23)7-4-8-19(20)24;/h3-8,11,14,17H,2,9-10,12-13H2,1H3,(H2,25,26,29)(H,27,28,30);1H. The first-order valence-electron chi connectivity index (χ1n) is 10.3. The summed E-state index contributed by atoms with van der Waals surface area (Å²) in [6.45, 7) is 4.27. The zero-order valence-corrected chi connectivity index (χ0v) is 20.0. The number of H-pyrrole nitrogens is 1. The first-order valence-corrected chi connectivity index (χ1v) is 10.3. The molecule has 7 nitrogen and oxygen atoms in total. The van der Waals surface area contributed by atoms with Crippen molar-refractivity contribution >= 4 is 35.6 Å². The van der Waals surface area contributed by atoms with Crippen molar-refractivity contribution in [3.05, 3.63) is 66.0 Å². The summed E-state index contributed by atoms with van der Waals surface area (Å²) in [4.78, 5) is 10.6. The summed E-state index contributed by atoms with van der Waals surface area (Å²) in [6, 6.07) is 11.9. The van der Waals surface area contributed by atoms with Crippen molar-refractivity contribution in [2.75, 3.05) is 24.5 Å². The monoisotopic (exact) mass is 553 g/mol. The molecule has 2 aromatic carbocycles. The molecule has 0 spiro atoms. The maximum Gasteiger partial charge on any atom is 0.191 e. The lowest BCUT2D eigenvalue weighted by atomic mass is 10.1. The van der Waals surface area contributed by atoms with Gasteiger partial charge in [-0.2, -0.15) is 5.10 Å². The SMILES string of the molecule is CCNC(=NCc1cccc(-c2ncn[nH]2)c1)NC1CCN(c2c(F)cccc2F)C1.I. The van der Waals surface area contributed by atoms with E-state index in [0.717, 1.165) is 17.5 Å². The maximum absolute atomic E-state index is 14.1. The molecule has 0 radical (unpaired) electrons. The summed E-state index contributed by atoms with van der Waals surface area (Å²) in [5.41, 5.74) is 2.02. The molecule has 170 valence electrons. The molecule has 3 aromatic rings. The second-order valence-electron chi connectivity index (χ2n) is 7.38. The number of rotatable bonds is 6. The Balaban J connectivity index is 0.00000289. The summed E-state index contributed by atoms with van der Waals surface area (Å²) < 4.78 is 28.2. The molecule has 1 unspecified atom stereocenters. The molecule has 1 aliphatic rings. The van der Waals surface area contributed by atoms with Gasteiger partial charge in [0.15, 0.2) is 11.8 Å². The van der Waals surface area contributed by atoms with Crippen LogP contribution in [0.3, 0.4) is 0 Å². The molecule has 0 aliphatic carbocycles. The van der Waals surface area contributed by atoms with Crippen LogP contribution in [0.4, 0.5) is 14.5 Å². The summed E-state index contributed by atoms with van der Waals surface area (Å²) in [5.74, 6) is 0.316. The number of hydrogen-bond acceptors (Lipinski definition) is 4. The van der Waals surface area contributed by atoms with Crippen LogP contribution in [0.1, 0.15) is 18.9 Å². The first kappa shape index (κ1) is 23.9. The van der Waals surface area contributed by atoms with Crippen LogP contribution in [-0.2, 0) is 6.54 Å². The smallest absolute Gasteiger partial charge is 0.191 e. The molecule has 10 heteroatoms. The van der Waals surface area contributed by atoms with Crippen molar-refractivity contribution in [3.63, 3.8) is 0 Å². The summed E-state index contributed by atoms with van der Waals surface area (Å²) >= 11 is 0. The zero-order valence-electron chi connectivity index (χ0n) is 17.7. The Hall–Kier alpha value is -2.76. The fourth-order valence-electron chi connectivity index (χ4n) is 3.72. The Kier molecular flexibility index (Phi) is 8.37. The Morgan fingerprint density at radius 1 is 1.22 bits per heavy atom. The van der Waals surface area contributed by atoms with Crippen LogP contribution < -0.4 is 15.5 Å². The predicted molar refractivity (Wildman–Crippen MR) is 132 cm³/mol. The minimum Gasteiger partial charge on any atom is -0.365 e. The summed E-state index contributed by atoms with van der Waals surface area (Å²) in [6.07, 6.45) is 2.24. The van der Waals surface area contributed by atoms with Gasteiger partial charge in [0.1, 0.15) is 23.6 Å². The number of hydrogen-bond donors (Lipinski definition) is 3.